The van der Waals surface area contributed by atoms with Crippen molar-refractivity contribution in [2.75, 3.05) is 5.32 Å². The highest BCUT2D eigenvalue weighted by atomic mass is 79.9. The normalized spacial score (nSPS) is 10.8. The molecule has 0 atom stereocenters. The molecule has 2 aromatic rings. The smallest absolute Gasteiger partial charge is 0.295 e. The van der Waals surface area contributed by atoms with Crippen LogP contribution >= 0.6 is 15.9 Å². The van der Waals surface area contributed by atoms with Gasteiger partial charge in [-0.05, 0) is 35.0 Å². The van der Waals surface area contributed by atoms with Gasteiger partial charge in [-0.25, -0.2) is 9.97 Å². The van der Waals surface area contributed by atoms with Gasteiger partial charge in [0.05, 0.1) is 11.4 Å². The van der Waals surface area contributed by atoms with Crippen LogP contribution < -0.4 is 5.32 Å². The maximum atomic E-state index is 12.0. The van der Waals surface area contributed by atoms with Gasteiger partial charge in [0.15, 0.2) is 0 Å². The SMILES string of the molecule is Cc1nc(Br)ccc1NC(=O)c1n[nH]c(C(C)C)n1. The van der Waals surface area contributed by atoms with E-state index in [4.69, 9.17) is 0 Å². The molecule has 0 bridgehead atoms. The lowest BCUT2D eigenvalue weighted by atomic mass is 10.2. The minimum absolute atomic E-state index is 0.131. The third-order valence-corrected chi connectivity index (χ3v) is 2.99. The fraction of sp³-hybridized carbons (Fsp3) is 0.333. The largest absolute Gasteiger partial charge is 0.318 e. The van der Waals surface area contributed by atoms with Crippen LogP contribution in [0.2, 0.25) is 0 Å². The van der Waals surface area contributed by atoms with Crippen molar-refractivity contribution >= 4 is 27.5 Å². The topological polar surface area (TPSA) is 83.6 Å². The van der Waals surface area contributed by atoms with Crippen LogP contribution in [0.15, 0.2) is 16.7 Å². The van der Waals surface area contributed by atoms with Gasteiger partial charge in [-0.15, -0.1) is 5.10 Å². The van der Waals surface area contributed by atoms with E-state index in [0.29, 0.717) is 11.5 Å². The van der Waals surface area contributed by atoms with Crippen LogP contribution in [0.4, 0.5) is 5.69 Å². The molecular formula is C12H14BrN5O. The Bertz CT molecular complexity index is 608. The van der Waals surface area contributed by atoms with E-state index in [2.05, 4.69) is 41.4 Å². The van der Waals surface area contributed by atoms with Gasteiger partial charge in [0.2, 0.25) is 5.82 Å². The molecular weight excluding hydrogens is 310 g/mol. The highest BCUT2D eigenvalue weighted by Crippen LogP contribution is 2.17. The second-order valence-corrected chi connectivity index (χ2v) is 5.23. The molecule has 2 heterocycles. The first-order valence-electron chi connectivity index (χ1n) is 5.84. The van der Waals surface area contributed by atoms with E-state index in [1.54, 1.807) is 12.1 Å². The molecule has 6 nitrogen and oxygen atoms in total. The molecule has 0 aromatic carbocycles. The zero-order chi connectivity index (χ0) is 14.0. The molecule has 1 amide bonds. The number of H-pyrrole nitrogens is 1. The molecule has 7 heteroatoms. The van der Waals surface area contributed by atoms with Crippen LogP contribution in [-0.4, -0.2) is 26.1 Å². The molecule has 0 aliphatic heterocycles. The Hall–Kier alpha value is -1.76. The van der Waals surface area contributed by atoms with Crippen molar-refractivity contribution in [3.05, 3.63) is 34.1 Å². The molecule has 100 valence electrons. The van der Waals surface area contributed by atoms with Crippen molar-refractivity contribution < 1.29 is 4.79 Å². The summed E-state index contributed by atoms with van der Waals surface area (Å²) < 4.78 is 0.725. The molecule has 0 spiro atoms. The summed E-state index contributed by atoms with van der Waals surface area (Å²) in [4.78, 5) is 20.3. The van der Waals surface area contributed by atoms with Crippen molar-refractivity contribution in [2.24, 2.45) is 0 Å². The number of hydrogen-bond donors (Lipinski definition) is 2. The fourth-order valence-electron chi connectivity index (χ4n) is 1.47. The summed E-state index contributed by atoms with van der Waals surface area (Å²) in [5.74, 6) is 0.669. The van der Waals surface area contributed by atoms with E-state index < -0.39 is 0 Å². The molecule has 0 aliphatic rings. The first-order chi connectivity index (χ1) is 8.97. The van der Waals surface area contributed by atoms with Crippen molar-refractivity contribution in [2.45, 2.75) is 26.7 Å². The molecule has 0 aliphatic carbocycles. The summed E-state index contributed by atoms with van der Waals surface area (Å²) in [5, 5.41) is 9.39. The maximum Gasteiger partial charge on any atom is 0.295 e. The quantitative estimate of drug-likeness (QED) is 0.850. The first kappa shape index (κ1) is 13.7. The number of carbonyl (C=O) groups excluding carboxylic acids is 1. The number of rotatable bonds is 3. The summed E-state index contributed by atoms with van der Waals surface area (Å²) in [6, 6.07) is 3.54. The maximum absolute atomic E-state index is 12.0. The summed E-state index contributed by atoms with van der Waals surface area (Å²) >= 11 is 3.27. The van der Waals surface area contributed by atoms with Gasteiger partial charge < -0.3 is 5.32 Å². The van der Waals surface area contributed by atoms with Gasteiger partial charge in [0, 0.05) is 5.92 Å². The predicted molar refractivity (Wildman–Crippen MR) is 75.1 cm³/mol. The van der Waals surface area contributed by atoms with Crippen molar-refractivity contribution in [1.82, 2.24) is 20.2 Å². The average Bonchev–Trinajstić information content (AvgIpc) is 2.82. The van der Waals surface area contributed by atoms with Crippen molar-refractivity contribution in [3.8, 4) is 0 Å². The number of nitrogens with zero attached hydrogens (tertiary/aromatic N) is 3. The Kier molecular flexibility index (Phi) is 3.94. The lowest BCUT2D eigenvalue weighted by molar-refractivity contribution is 0.101. The van der Waals surface area contributed by atoms with Gasteiger partial charge in [-0.3, -0.25) is 9.89 Å². The van der Waals surface area contributed by atoms with Crippen LogP contribution in [-0.2, 0) is 0 Å². The van der Waals surface area contributed by atoms with Crippen LogP contribution in [0, 0.1) is 6.92 Å². The highest BCUT2D eigenvalue weighted by molar-refractivity contribution is 9.10. The Morgan fingerprint density at radius 2 is 2.11 bits per heavy atom. The third kappa shape index (κ3) is 3.17. The zero-order valence-electron chi connectivity index (χ0n) is 10.9. The van der Waals surface area contributed by atoms with Gasteiger partial charge in [0.25, 0.3) is 5.91 Å². The van der Waals surface area contributed by atoms with Crippen LogP contribution in [0.5, 0.6) is 0 Å². The van der Waals surface area contributed by atoms with E-state index in [9.17, 15) is 4.79 Å². The number of nitrogens with one attached hydrogen (secondary N) is 2. The number of pyridine rings is 1. The van der Waals surface area contributed by atoms with E-state index in [1.165, 1.54) is 0 Å². The van der Waals surface area contributed by atoms with E-state index in [0.717, 1.165) is 10.3 Å². The summed E-state index contributed by atoms with van der Waals surface area (Å²) in [5.41, 5.74) is 1.37. The lowest BCUT2D eigenvalue weighted by Crippen LogP contribution is -2.15. The Labute approximate surface area is 119 Å². The fourth-order valence-corrected chi connectivity index (χ4v) is 1.87. The van der Waals surface area contributed by atoms with E-state index >= 15 is 0 Å². The molecule has 0 saturated heterocycles. The first-order valence-corrected chi connectivity index (χ1v) is 6.63. The standard InChI is InChI=1S/C12H14BrN5O/c1-6(2)10-16-11(18-17-10)12(19)15-8-4-5-9(13)14-7(8)3/h4-6H,1-3H3,(H,15,19)(H,16,17,18). The van der Waals surface area contributed by atoms with Crippen LogP contribution in [0.25, 0.3) is 0 Å². The number of halogens is 1. The number of aromatic nitrogens is 4. The number of aryl methyl sites for hydroxylation is 1. The monoisotopic (exact) mass is 323 g/mol. The third-order valence-electron chi connectivity index (χ3n) is 2.55. The second kappa shape index (κ2) is 5.48. The molecule has 2 N–H and O–H groups in total. The minimum atomic E-state index is -0.352. The van der Waals surface area contributed by atoms with Crippen molar-refractivity contribution in [1.29, 1.82) is 0 Å². The molecule has 2 aromatic heterocycles. The zero-order valence-corrected chi connectivity index (χ0v) is 12.4. The van der Waals surface area contributed by atoms with Crippen LogP contribution in [0.3, 0.4) is 0 Å². The second-order valence-electron chi connectivity index (χ2n) is 4.42. The number of aromatic amines is 1. The highest BCUT2D eigenvalue weighted by Gasteiger charge is 2.15. The molecule has 0 unspecified atom stereocenters. The molecule has 0 saturated carbocycles. The number of amides is 1. The van der Waals surface area contributed by atoms with Gasteiger partial charge in [-0.2, -0.15) is 0 Å². The van der Waals surface area contributed by atoms with Gasteiger partial charge in [-0.1, -0.05) is 13.8 Å². The average molecular weight is 324 g/mol. The minimum Gasteiger partial charge on any atom is -0.318 e. The summed E-state index contributed by atoms with van der Waals surface area (Å²) in [7, 11) is 0. The summed E-state index contributed by atoms with van der Waals surface area (Å²) in [6.45, 7) is 5.77. The van der Waals surface area contributed by atoms with Gasteiger partial charge in [0.1, 0.15) is 10.4 Å². The Morgan fingerprint density at radius 1 is 1.37 bits per heavy atom. The molecule has 2 rings (SSSR count). The van der Waals surface area contributed by atoms with Crippen LogP contribution in [0.1, 0.15) is 41.9 Å². The summed E-state index contributed by atoms with van der Waals surface area (Å²) in [6.07, 6.45) is 0. The molecule has 19 heavy (non-hydrogen) atoms. The Morgan fingerprint density at radius 3 is 2.68 bits per heavy atom. The Balaban J connectivity index is 2.16. The number of hydrogen-bond acceptors (Lipinski definition) is 4. The number of carbonyl (C=O) groups is 1. The van der Waals surface area contributed by atoms with E-state index in [-0.39, 0.29) is 17.6 Å². The molecule has 0 fully saturated rings. The lowest BCUT2D eigenvalue weighted by Gasteiger charge is -2.05. The number of anilines is 1. The van der Waals surface area contributed by atoms with Crippen molar-refractivity contribution in [3.63, 3.8) is 0 Å². The van der Waals surface area contributed by atoms with E-state index in [1.807, 2.05) is 20.8 Å². The van der Waals surface area contributed by atoms with Gasteiger partial charge >= 0.3 is 0 Å². The predicted octanol–water partition coefficient (Wildman–Crippen LogP) is 2.65. The molecule has 0 radical (unpaired) electrons.